The van der Waals surface area contributed by atoms with Crippen molar-refractivity contribution in [2.75, 3.05) is 39.5 Å². The van der Waals surface area contributed by atoms with Gasteiger partial charge in [0, 0.05) is 38.2 Å². The summed E-state index contributed by atoms with van der Waals surface area (Å²) in [5.41, 5.74) is -0.894. The molecule has 0 spiro atoms. The number of halogens is 3. The molecule has 0 N–H and O–H groups in total. The van der Waals surface area contributed by atoms with Gasteiger partial charge < -0.3 is 14.5 Å². The Balaban J connectivity index is 1.50. The number of ether oxygens (including phenoxy) is 1. The molecule has 0 radical (unpaired) electrons. The summed E-state index contributed by atoms with van der Waals surface area (Å²) in [6.07, 6.45) is -0.0235. The first-order valence-corrected chi connectivity index (χ1v) is 14.0. The summed E-state index contributed by atoms with van der Waals surface area (Å²) in [6.45, 7) is 2.01. The van der Waals surface area contributed by atoms with Crippen molar-refractivity contribution in [1.82, 2.24) is 19.6 Å². The molecule has 13 heteroatoms. The Bertz CT molecular complexity index is 1270. The molecule has 2 aliphatic rings. The summed E-state index contributed by atoms with van der Waals surface area (Å²) in [5, 5.41) is 3.80. The summed E-state index contributed by atoms with van der Waals surface area (Å²) in [7, 11) is -2.05. The standard InChI is InChI=1S/C24H30F3N5O4S/c1-36-18-10-8-17(9-11-18)32-21-19(22(28-32)24(25,26)27)12-16-31(23(21)33)15-4-3-7-20(29-37(2,34)35)30-13-5-6-14-30/h8-11H,3-7,12-16H2,1-2H3/b29-20+. The zero-order chi connectivity index (χ0) is 26.8. The molecule has 0 atom stereocenters. The second kappa shape index (κ2) is 10.7. The second-order valence-corrected chi connectivity index (χ2v) is 10.9. The number of benzene rings is 1. The van der Waals surface area contributed by atoms with Gasteiger partial charge in [0.25, 0.3) is 15.9 Å². The average molecular weight is 542 g/mol. The van der Waals surface area contributed by atoms with Crippen LogP contribution in [-0.2, 0) is 22.6 Å². The number of hydrogen-bond donors (Lipinski definition) is 0. The van der Waals surface area contributed by atoms with Crippen LogP contribution in [0, 0.1) is 0 Å². The number of methoxy groups -OCH3 is 1. The number of amides is 1. The second-order valence-electron chi connectivity index (χ2n) is 9.22. The zero-order valence-corrected chi connectivity index (χ0v) is 21.6. The number of carbonyl (C=O) groups excluding carboxylic acids is 1. The lowest BCUT2D eigenvalue weighted by molar-refractivity contribution is -0.142. The monoisotopic (exact) mass is 541 g/mol. The summed E-state index contributed by atoms with van der Waals surface area (Å²) in [4.78, 5) is 16.9. The summed E-state index contributed by atoms with van der Waals surface area (Å²) < 4.78 is 74.8. The van der Waals surface area contributed by atoms with Gasteiger partial charge in [-0.25, -0.2) is 13.1 Å². The predicted octanol–water partition coefficient (Wildman–Crippen LogP) is 3.52. The number of fused-ring (bicyclic) bond motifs is 1. The maximum Gasteiger partial charge on any atom is 0.435 e. The maximum absolute atomic E-state index is 13.7. The molecule has 4 rings (SSSR count). The van der Waals surface area contributed by atoms with Gasteiger partial charge >= 0.3 is 6.18 Å². The molecule has 1 aromatic carbocycles. The Morgan fingerprint density at radius 3 is 2.38 bits per heavy atom. The highest BCUT2D eigenvalue weighted by molar-refractivity contribution is 7.89. The van der Waals surface area contributed by atoms with E-state index in [0.29, 0.717) is 43.1 Å². The minimum atomic E-state index is -4.69. The van der Waals surface area contributed by atoms with Gasteiger partial charge in [-0.1, -0.05) is 0 Å². The van der Waals surface area contributed by atoms with Crippen LogP contribution >= 0.6 is 0 Å². The van der Waals surface area contributed by atoms with E-state index in [2.05, 4.69) is 9.50 Å². The van der Waals surface area contributed by atoms with Gasteiger partial charge in [-0.3, -0.25) is 4.79 Å². The van der Waals surface area contributed by atoms with E-state index in [1.807, 2.05) is 4.90 Å². The van der Waals surface area contributed by atoms with Crippen LogP contribution in [0.3, 0.4) is 0 Å². The Labute approximate surface area is 214 Å². The van der Waals surface area contributed by atoms with Crippen molar-refractivity contribution < 1.29 is 31.1 Å². The fourth-order valence-corrected chi connectivity index (χ4v) is 5.36. The number of carbonyl (C=O) groups is 1. The third-order valence-electron chi connectivity index (χ3n) is 6.51. The van der Waals surface area contributed by atoms with Crippen LogP contribution < -0.4 is 4.74 Å². The molecule has 1 amide bonds. The number of aromatic nitrogens is 2. The van der Waals surface area contributed by atoms with Crippen molar-refractivity contribution in [3.05, 3.63) is 41.2 Å². The fraction of sp³-hybridized carbons (Fsp3) is 0.542. The number of hydrogen-bond acceptors (Lipinski definition) is 5. The van der Waals surface area contributed by atoms with E-state index in [0.717, 1.165) is 36.9 Å². The molecule has 9 nitrogen and oxygen atoms in total. The van der Waals surface area contributed by atoms with Gasteiger partial charge in [0.2, 0.25) is 0 Å². The molecule has 2 aromatic rings. The molecule has 37 heavy (non-hydrogen) atoms. The fourth-order valence-electron chi connectivity index (χ4n) is 4.77. The highest BCUT2D eigenvalue weighted by Crippen LogP contribution is 2.36. The minimum absolute atomic E-state index is 0.0423. The van der Waals surface area contributed by atoms with Gasteiger partial charge in [-0.15, -0.1) is 0 Å². The van der Waals surface area contributed by atoms with E-state index in [9.17, 15) is 26.4 Å². The Kier molecular flexibility index (Phi) is 7.81. The van der Waals surface area contributed by atoms with Gasteiger partial charge in [-0.2, -0.15) is 22.7 Å². The zero-order valence-electron chi connectivity index (χ0n) is 20.8. The maximum atomic E-state index is 13.7. The lowest BCUT2D eigenvalue weighted by Crippen LogP contribution is -2.39. The number of amidine groups is 1. The molecule has 1 fully saturated rings. The molecule has 202 valence electrons. The number of rotatable bonds is 8. The van der Waals surface area contributed by atoms with Crippen molar-refractivity contribution in [1.29, 1.82) is 0 Å². The third-order valence-corrected chi connectivity index (χ3v) is 7.05. The molecule has 0 aliphatic carbocycles. The smallest absolute Gasteiger partial charge is 0.435 e. The van der Waals surface area contributed by atoms with E-state index in [1.54, 1.807) is 24.3 Å². The van der Waals surface area contributed by atoms with Crippen LogP contribution in [0.15, 0.2) is 28.7 Å². The van der Waals surface area contributed by atoms with Gasteiger partial charge in [0.1, 0.15) is 17.3 Å². The normalized spacial score (nSPS) is 16.9. The molecule has 1 saturated heterocycles. The molecule has 0 saturated carbocycles. The van der Waals surface area contributed by atoms with E-state index in [4.69, 9.17) is 4.74 Å². The van der Waals surface area contributed by atoms with Crippen molar-refractivity contribution in [2.24, 2.45) is 4.40 Å². The lowest BCUT2D eigenvalue weighted by atomic mass is 10.0. The first kappa shape index (κ1) is 27.0. The SMILES string of the molecule is COc1ccc(-n2nc(C(F)(F)F)c3c2C(=O)N(CCCC/C(=N\S(C)(=O)=O)N2CCCC2)CC3)cc1. The average Bonchev–Trinajstić information content (AvgIpc) is 3.50. The van der Waals surface area contributed by atoms with Crippen LogP contribution in [0.25, 0.3) is 5.69 Å². The van der Waals surface area contributed by atoms with Crippen molar-refractivity contribution in [3.8, 4) is 11.4 Å². The van der Waals surface area contributed by atoms with Gasteiger partial charge in [0.15, 0.2) is 5.69 Å². The van der Waals surface area contributed by atoms with E-state index < -0.39 is 27.8 Å². The van der Waals surface area contributed by atoms with Crippen molar-refractivity contribution in [3.63, 3.8) is 0 Å². The quantitative estimate of drug-likeness (QED) is 0.288. The number of sulfonamides is 1. The number of unbranched alkanes of at least 4 members (excludes halogenated alkanes) is 1. The van der Waals surface area contributed by atoms with E-state index in [-0.39, 0.29) is 24.2 Å². The van der Waals surface area contributed by atoms with Crippen LogP contribution in [-0.4, -0.2) is 79.3 Å². The van der Waals surface area contributed by atoms with Crippen LogP contribution in [0.5, 0.6) is 5.75 Å². The molecule has 0 unspecified atom stereocenters. The highest BCUT2D eigenvalue weighted by atomic mass is 32.2. The van der Waals surface area contributed by atoms with Crippen LogP contribution in [0.2, 0.25) is 0 Å². The summed E-state index contributed by atoms with van der Waals surface area (Å²) in [5.74, 6) is 0.547. The molecule has 3 heterocycles. The topological polar surface area (TPSA) is 97.1 Å². The van der Waals surface area contributed by atoms with Gasteiger partial charge in [0.05, 0.1) is 19.1 Å². The van der Waals surface area contributed by atoms with E-state index >= 15 is 0 Å². The molecular weight excluding hydrogens is 511 g/mol. The number of alkyl halides is 3. The number of likely N-dealkylation sites (tertiary alicyclic amines) is 1. The summed E-state index contributed by atoms with van der Waals surface area (Å²) in [6, 6.07) is 6.30. The van der Waals surface area contributed by atoms with Crippen LogP contribution in [0.4, 0.5) is 13.2 Å². The van der Waals surface area contributed by atoms with Crippen LogP contribution in [0.1, 0.15) is 53.8 Å². The first-order chi connectivity index (χ1) is 17.5. The Hall–Kier alpha value is -3.09. The summed E-state index contributed by atoms with van der Waals surface area (Å²) >= 11 is 0. The van der Waals surface area contributed by atoms with Crippen molar-refractivity contribution in [2.45, 2.75) is 44.7 Å². The Morgan fingerprint density at radius 2 is 1.78 bits per heavy atom. The molecule has 2 aliphatic heterocycles. The predicted molar refractivity (Wildman–Crippen MR) is 132 cm³/mol. The number of nitrogens with zero attached hydrogens (tertiary/aromatic N) is 5. The molecule has 0 bridgehead atoms. The largest absolute Gasteiger partial charge is 0.497 e. The minimum Gasteiger partial charge on any atom is -0.497 e. The molecule has 1 aromatic heterocycles. The van der Waals surface area contributed by atoms with E-state index in [1.165, 1.54) is 12.0 Å². The third kappa shape index (κ3) is 6.25. The van der Waals surface area contributed by atoms with Gasteiger partial charge in [-0.05, 0) is 56.4 Å². The first-order valence-electron chi connectivity index (χ1n) is 12.1. The van der Waals surface area contributed by atoms with Crippen molar-refractivity contribution >= 4 is 21.8 Å². The molecular formula is C24H30F3N5O4S. The Morgan fingerprint density at radius 1 is 1.11 bits per heavy atom. The highest BCUT2D eigenvalue weighted by Gasteiger charge is 2.43. The lowest BCUT2D eigenvalue weighted by Gasteiger charge is -2.28.